The second kappa shape index (κ2) is 13.6. The number of hydrogen-bond acceptors (Lipinski definition) is 15. The van der Waals surface area contributed by atoms with E-state index in [1.54, 1.807) is 0 Å². The summed E-state index contributed by atoms with van der Waals surface area (Å²) in [6.07, 6.45) is -5.98. The van der Waals surface area contributed by atoms with Gasteiger partial charge in [-0.15, -0.1) is 5.11 Å². The van der Waals surface area contributed by atoms with Gasteiger partial charge in [0.05, 0.1) is 25.9 Å². The first kappa shape index (κ1) is 30.3. The minimum atomic E-state index is -1.33. The SMILES string of the molecule is COC(=O)C1=C(C(=O)OC)C(CC[C@@H]2O[C@H](COC(C)=O)[C@H](OC(C)=O)[C@H](OC(C)=O)[C@H]2OC(C)=O)N=N1. The lowest BCUT2D eigenvalue weighted by molar-refractivity contribution is -0.253. The van der Waals surface area contributed by atoms with Crippen LogP contribution in [0.3, 0.4) is 0 Å². The number of carbonyl (C=O) groups excluding carboxylic acids is 6. The van der Waals surface area contributed by atoms with E-state index in [1.807, 2.05) is 0 Å². The average Bonchev–Trinajstić information content (AvgIpc) is 3.26. The van der Waals surface area contributed by atoms with Gasteiger partial charge in [-0.1, -0.05) is 0 Å². The van der Waals surface area contributed by atoms with E-state index >= 15 is 0 Å². The van der Waals surface area contributed by atoms with E-state index in [0.29, 0.717) is 0 Å². The lowest BCUT2D eigenvalue weighted by Gasteiger charge is -2.44. The Labute approximate surface area is 217 Å². The number of nitrogens with zero attached hydrogens (tertiary/aromatic N) is 2. The Morgan fingerprint density at radius 3 is 1.74 bits per heavy atom. The maximum atomic E-state index is 12.4. The Morgan fingerprint density at radius 2 is 1.24 bits per heavy atom. The van der Waals surface area contributed by atoms with Crippen molar-refractivity contribution in [2.24, 2.45) is 10.2 Å². The fourth-order valence-corrected chi connectivity index (χ4v) is 4.06. The second-order valence-corrected chi connectivity index (χ2v) is 8.29. The molecule has 2 aliphatic rings. The smallest absolute Gasteiger partial charge is 0.359 e. The standard InChI is InChI=1S/C23H30N2O13/c1-10(26)34-9-16-20(36-12(3)28)21(37-13(4)29)19(35-11(2)27)15(38-16)8-7-14-17(22(30)32-5)18(25-24-14)23(31)33-6/h14-16,19-21H,7-9H2,1-6H3/t14?,15-,16+,19-,20-,21+/m0/s1. The summed E-state index contributed by atoms with van der Waals surface area (Å²) < 4.78 is 36.6. The van der Waals surface area contributed by atoms with Gasteiger partial charge in [0, 0.05) is 27.7 Å². The van der Waals surface area contributed by atoms with E-state index in [2.05, 4.69) is 15.0 Å². The van der Waals surface area contributed by atoms with Gasteiger partial charge < -0.3 is 33.2 Å². The quantitative estimate of drug-likeness (QED) is 0.271. The molecule has 38 heavy (non-hydrogen) atoms. The Kier molecular flexibility index (Phi) is 10.9. The van der Waals surface area contributed by atoms with Crippen LogP contribution in [0.5, 0.6) is 0 Å². The van der Waals surface area contributed by atoms with Crippen LogP contribution < -0.4 is 0 Å². The zero-order valence-corrected chi connectivity index (χ0v) is 21.8. The molecule has 0 amide bonds. The molecule has 2 rings (SSSR count). The van der Waals surface area contributed by atoms with Crippen molar-refractivity contribution in [3.05, 3.63) is 11.3 Å². The van der Waals surface area contributed by atoms with Gasteiger partial charge in [-0.2, -0.15) is 5.11 Å². The fourth-order valence-electron chi connectivity index (χ4n) is 4.06. The summed E-state index contributed by atoms with van der Waals surface area (Å²) in [6.45, 7) is 4.14. The number of carbonyl (C=O) groups is 6. The van der Waals surface area contributed by atoms with Crippen molar-refractivity contribution in [3.63, 3.8) is 0 Å². The zero-order chi connectivity index (χ0) is 28.6. The summed E-state index contributed by atoms with van der Waals surface area (Å²) in [6, 6.07) is -0.941. The van der Waals surface area contributed by atoms with E-state index < -0.39 is 72.4 Å². The third kappa shape index (κ3) is 7.81. The number of ether oxygens (including phenoxy) is 7. The van der Waals surface area contributed by atoms with Crippen molar-refractivity contribution in [1.29, 1.82) is 0 Å². The molecular formula is C23H30N2O13. The molecule has 0 spiro atoms. The van der Waals surface area contributed by atoms with Gasteiger partial charge in [0.15, 0.2) is 24.0 Å². The van der Waals surface area contributed by atoms with Crippen molar-refractivity contribution >= 4 is 35.8 Å². The highest BCUT2D eigenvalue weighted by molar-refractivity contribution is 6.01. The molecule has 2 heterocycles. The van der Waals surface area contributed by atoms with Crippen molar-refractivity contribution < 1.29 is 61.9 Å². The lowest BCUT2D eigenvalue weighted by Crippen LogP contribution is -2.62. The maximum absolute atomic E-state index is 12.4. The summed E-state index contributed by atoms with van der Waals surface area (Å²) in [5.41, 5.74) is -0.448. The van der Waals surface area contributed by atoms with Gasteiger partial charge in [0.2, 0.25) is 0 Å². The number of methoxy groups -OCH3 is 2. The third-order valence-electron chi connectivity index (χ3n) is 5.48. The van der Waals surface area contributed by atoms with E-state index in [4.69, 9.17) is 28.4 Å². The van der Waals surface area contributed by atoms with E-state index in [1.165, 1.54) is 0 Å². The molecule has 0 saturated carbocycles. The summed E-state index contributed by atoms with van der Waals surface area (Å²) in [7, 11) is 2.24. The van der Waals surface area contributed by atoms with Crippen LogP contribution >= 0.6 is 0 Å². The lowest BCUT2D eigenvalue weighted by atomic mass is 9.90. The minimum Gasteiger partial charge on any atom is -0.466 e. The monoisotopic (exact) mass is 542 g/mol. The predicted molar refractivity (Wildman–Crippen MR) is 121 cm³/mol. The van der Waals surface area contributed by atoms with Crippen LogP contribution in [0.15, 0.2) is 21.5 Å². The van der Waals surface area contributed by atoms with Crippen LogP contribution in [0.25, 0.3) is 0 Å². The predicted octanol–water partition coefficient (Wildman–Crippen LogP) is 0.327. The van der Waals surface area contributed by atoms with Crippen molar-refractivity contribution in [2.45, 2.75) is 77.1 Å². The molecule has 15 nitrogen and oxygen atoms in total. The molecule has 1 saturated heterocycles. The molecule has 6 atom stereocenters. The van der Waals surface area contributed by atoms with Gasteiger partial charge in [-0.3, -0.25) is 19.2 Å². The van der Waals surface area contributed by atoms with Gasteiger partial charge in [0.25, 0.3) is 0 Å². The highest BCUT2D eigenvalue weighted by Crippen LogP contribution is 2.34. The molecule has 0 aliphatic carbocycles. The van der Waals surface area contributed by atoms with Gasteiger partial charge in [-0.25, -0.2) is 9.59 Å². The fraction of sp³-hybridized carbons (Fsp3) is 0.652. The van der Waals surface area contributed by atoms with Gasteiger partial charge in [-0.05, 0) is 12.8 Å². The zero-order valence-electron chi connectivity index (χ0n) is 21.8. The second-order valence-electron chi connectivity index (χ2n) is 8.29. The summed E-state index contributed by atoms with van der Waals surface area (Å²) in [4.78, 5) is 71.6. The number of esters is 6. The molecule has 1 fully saturated rings. The van der Waals surface area contributed by atoms with Crippen molar-refractivity contribution in [3.8, 4) is 0 Å². The van der Waals surface area contributed by atoms with Crippen LogP contribution in [0.1, 0.15) is 40.5 Å². The molecule has 210 valence electrons. The first-order chi connectivity index (χ1) is 17.9. The Morgan fingerprint density at radius 1 is 0.711 bits per heavy atom. The maximum Gasteiger partial charge on any atom is 0.359 e. The van der Waals surface area contributed by atoms with Crippen molar-refractivity contribution in [1.82, 2.24) is 0 Å². The molecular weight excluding hydrogens is 512 g/mol. The molecule has 0 radical (unpaired) electrons. The topological polar surface area (TPSA) is 192 Å². The number of hydrogen-bond donors (Lipinski definition) is 0. The van der Waals surface area contributed by atoms with Crippen LogP contribution in [0, 0.1) is 0 Å². The highest BCUT2D eigenvalue weighted by Gasteiger charge is 2.52. The molecule has 0 bridgehead atoms. The van der Waals surface area contributed by atoms with Crippen molar-refractivity contribution in [2.75, 3.05) is 20.8 Å². The highest BCUT2D eigenvalue weighted by atomic mass is 16.7. The molecule has 0 N–H and O–H groups in total. The molecule has 0 aromatic heterocycles. The average molecular weight is 542 g/mol. The molecule has 0 aromatic rings. The van der Waals surface area contributed by atoms with Gasteiger partial charge in [0.1, 0.15) is 18.8 Å². The summed E-state index contributed by atoms with van der Waals surface area (Å²) in [5.74, 6) is -4.64. The van der Waals surface area contributed by atoms with E-state index in [9.17, 15) is 28.8 Å². The molecule has 1 unspecified atom stereocenters. The third-order valence-corrected chi connectivity index (χ3v) is 5.48. The molecule has 15 heteroatoms. The summed E-state index contributed by atoms with van der Waals surface area (Å²) in [5, 5.41) is 7.72. The molecule has 2 aliphatic heterocycles. The minimum absolute atomic E-state index is 0.0116. The van der Waals surface area contributed by atoms with Crippen LogP contribution in [0.2, 0.25) is 0 Å². The van der Waals surface area contributed by atoms with Crippen LogP contribution in [0.4, 0.5) is 0 Å². The summed E-state index contributed by atoms with van der Waals surface area (Å²) >= 11 is 0. The Hall–Kier alpha value is -3.88. The Bertz CT molecular complexity index is 1020. The number of azo groups is 1. The Balaban J connectivity index is 2.42. The van der Waals surface area contributed by atoms with E-state index in [-0.39, 0.29) is 30.7 Å². The van der Waals surface area contributed by atoms with Crippen LogP contribution in [-0.2, 0) is 61.9 Å². The first-order valence-electron chi connectivity index (χ1n) is 11.5. The van der Waals surface area contributed by atoms with Crippen LogP contribution in [-0.4, -0.2) is 93.2 Å². The van der Waals surface area contributed by atoms with E-state index in [0.717, 1.165) is 41.9 Å². The molecule has 0 aromatic carbocycles. The first-order valence-corrected chi connectivity index (χ1v) is 11.5. The number of rotatable bonds is 10. The normalized spacial score (nSPS) is 26.3. The largest absolute Gasteiger partial charge is 0.466 e. The van der Waals surface area contributed by atoms with Gasteiger partial charge >= 0.3 is 35.8 Å².